The van der Waals surface area contributed by atoms with Crippen molar-refractivity contribution in [3.63, 3.8) is 0 Å². The van der Waals surface area contributed by atoms with Gasteiger partial charge in [0.2, 0.25) is 0 Å². The Morgan fingerprint density at radius 2 is 1.90 bits per heavy atom. The number of hydrogen-bond acceptors (Lipinski definition) is 4. The summed E-state index contributed by atoms with van der Waals surface area (Å²) in [5.74, 6) is 0.962. The van der Waals surface area contributed by atoms with Gasteiger partial charge in [0.15, 0.2) is 5.13 Å². The second-order valence-electron chi connectivity index (χ2n) is 5.22. The Balaban J connectivity index is 1.96. The Morgan fingerprint density at radius 1 is 1.05 bits per heavy atom. The van der Waals surface area contributed by atoms with Gasteiger partial charge in [0.05, 0.1) is 21.3 Å². The number of anilines is 1. The predicted octanol–water partition coefficient (Wildman–Crippen LogP) is 3.74. The van der Waals surface area contributed by atoms with Crippen LogP contribution in [0.1, 0.15) is 5.56 Å². The van der Waals surface area contributed by atoms with Gasteiger partial charge in [-0.15, -0.1) is 0 Å². The lowest BCUT2D eigenvalue weighted by Crippen LogP contribution is -1.92. The van der Waals surface area contributed by atoms with Crippen molar-refractivity contribution in [1.29, 1.82) is 0 Å². The number of imidazole rings is 1. The van der Waals surface area contributed by atoms with Gasteiger partial charge in [-0.05, 0) is 42.8 Å². The zero-order valence-corrected chi connectivity index (χ0v) is 12.6. The predicted molar refractivity (Wildman–Crippen MR) is 88.5 cm³/mol. The van der Waals surface area contributed by atoms with Crippen LogP contribution >= 0.6 is 11.3 Å². The van der Waals surface area contributed by atoms with Crippen molar-refractivity contribution < 1.29 is 0 Å². The zero-order chi connectivity index (χ0) is 14.6. The van der Waals surface area contributed by atoms with E-state index in [9.17, 15) is 0 Å². The quantitative estimate of drug-likeness (QED) is 0.582. The van der Waals surface area contributed by atoms with Gasteiger partial charge in [0, 0.05) is 12.6 Å². The average Bonchev–Trinajstić information content (AvgIpc) is 2.97. The SMILES string of the molecule is Cc1ccc2c(c1)nc(-c1ccc3nc(N)sc3c1)n2C. The van der Waals surface area contributed by atoms with Crippen LogP contribution in [0.3, 0.4) is 0 Å². The first-order valence-corrected chi connectivity index (χ1v) is 7.53. The number of thiazole rings is 1. The minimum absolute atomic E-state index is 0.600. The zero-order valence-electron chi connectivity index (χ0n) is 11.8. The number of benzene rings is 2. The van der Waals surface area contributed by atoms with Crippen molar-refractivity contribution in [3.8, 4) is 11.4 Å². The number of nitrogens with zero attached hydrogens (tertiary/aromatic N) is 3. The van der Waals surface area contributed by atoms with Crippen LogP contribution in [0, 0.1) is 6.92 Å². The van der Waals surface area contributed by atoms with Gasteiger partial charge < -0.3 is 10.3 Å². The molecule has 2 heterocycles. The molecule has 0 amide bonds. The lowest BCUT2D eigenvalue weighted by Gasteiger charge is -2.02. The highest BCUT2D eigenvalue weighted by atomic mass is 32.1. The monoisotopic (exact) mass is 294 g/mol. The van der Waals surface area contributed by atoms with Crippen LogP contribution in [0.25, 0.3) is 32.6 Å². The van der Waals surface area contributed by atoms with Crippen LogP contribution in [-0.2, 0) is 7.05 Å². The number of hydrogen-bond donors (Lipinski definition) is 1. The fourth-order valence-corrected chi connectivity index (χ4v) is 3.42. The fraction of sp³-hybridized carbons (Fsp3) is 0.125. The van der Waals surface area contributed by atoms with E-state index in [4.69, 9.17) is 10.7 Å². The molecule has 0 spiro atoms. The van der Waals surface area contributed by atoms with Crippen LogP contribution in [0.15, 0.2) is 36.4 Å². The van der Waals surface area contributed by atoms with Crippen LogP contribution in [0.4, 0.5) is 5.13 Å². The molecule has 0 aliphatic heterocycles. The van der Waals surface area contributed by atoms with E-state index in [2.05, 4.69) is 46.8 Å². The largest absolute Gasteiger partial charge is 0.375 e. The summed E-state index contributed by atoms with van der Waals surface area (Å²) in [6.07, 6.45) is 0. The first kappa shape index (κ1) is 12.3. The number of fused-ring (bicyclic) bond motifs is 2. The van der Waals surface area contributed by atoms with E-state index in [1.165, 1.54) is 16.9 Å². The molecule has 4 rings (SSSR count). The Bertz CT molecular complexity index is 981. The fourth-order valence-electron chi connectivity index (χ4n) is 2.65. The molecule has 0 atom stereocenters. The normalized spacial score (nSPS) is 11.5. The summed E-state index contributed by atoms with van der Waals surface area (Å²) in [6, 6.07) is 12.5. The topological polar surface area (TPSA) is 56.7 Å². The van der Waals surface area contributed by atoms with E-state index in [1.54, 1.807) is 0 Å². The van der Waals surface area contributed by atoms with E-state index >= 15 is 0 Å². The average molecular weight is 294 g/mol. The molecule has 104 valence electrons. The van der Waals surface area contributed by atoms with Gasteiger partial charge in [0.25, 0.3) is 0 Å². The minimum atomic E-state index is 0.600. The van der Waals surface area contributed by atoms with Crippen LogP contribution in [0.2, 0.25) is 0 Å². The third kappa shape index (κ3) is 1.89. The minimum Gasteiger partial charge on any atom is -0.375 e. The van der Waals surface area contributed by atoms with Crippen molar-refractivity contribution in [2.45, 2.75) is 6.92 Å². The molecular formula is C16H14N4S. The molecule has 0 bridgehead atoms. The molecule has 2 aromatic carbocycles. The van der Waals surface area contributed by atoms with Crippen molar-refractivity contribution in [2.75, 3.05) is 5.73 Å². The van der Waals surface area contributed by atoms with Crippen molar-refractivity contribution in [1.82, 2.24) is 14.5 Å². The molecule has 0 fully saturated rings. The van der Waals surface area contributed by atoms with Gasteiger partial charge in [0.1, 0.15) is 5.82 Å². The Hall–Kier alpha value is -2.40. The third-order valence-corrected chi connectivity index (χ3v) is 4.55. The summed E-state index contributed by atoms with van der Waals surface area (Å²) in [5.41, 5.74) is 11.2. The second kappa shape index (κ2) is 4.30. The molecule has 0 unspecified atom stereocenters. The number of rotatable bonds is 1. The van der Waals surface area contributed by atoms with Crippen molar-refractivity contribution >= 4 is 37.7 Å². The molecule has 4 aromatic rings. The number of aromatic nitrogens is 3. The summed E-state index contributed by atoms with van der Waals surface area (Å²) in [6.45, 7) is 2.08. The Kier molecular flexibility index (Phi) is 2.53. The summed E-state index contributed by atoms with van der Waals surface area (Å²) in [7, 11) is 2.05. The summed E-state index contributed by atoms with van der Waals surface area (Å²) in [4.78, 5) is 9.07. The first-order chi connectivity index (χ1) is 10.1. The molecule has 0 aliphatic rings. The molecule has 4 nitrogen and oxygen atoms in total. The molecule has 2 N–H and O–H groups in total. The van der Waals surface area contributed by atoms with E-state index in [-0.39, 0.29) is 0 Å². The number of nitrogens with two attached hydrogens (primary N) is 1. The maximum absolute atomic E-state index is 5.77. The van der Waals surface area contributed by atoms with Crippen molar-refractivity contribution in [3.05, 3.63) is 42.0 Å². The maximum Gasteiger partial charge on any atom is 0.181 e. The summed E-state index contributed by atoms with van der Waals surface area (Å²) >= 11 is 1.51. The molecule has 0 saturated carbocycles. The number of nitrogen functional groups attached to an aromatic ring is 1. The van der Waals surface area contributed by atoms with Crippen molar-refractivity contribution in [2.24, 2.45) is 7.05 Å². The molecular weight excluding hydrogens is 280 g/mol. The molecule has 2 aromatic heterocycles. The highest BCUT2D eigenvalue weighted by Crippen LogP contribution is 2.30. The maximum atomic E-state index is 5.77. The Morgan fingerprint density at radius 3 is 2.76 bits per heavy atom. The second-order valence-corrected chi connectivity index (χ2v) is 6.28. The van der Waals surface area contributed by atoms with E-state index in [0.29, 0.717) is 5.13 Å². The molecule has 21 heavy (non-hydrogen) atoms. The van der Waals surface area contributed by atoms with Crippen LogP contribution in [-0.4, -0.2) is 14.5 Å². The lowest BCUT2D eigenvalue weighted by atomic mass is 10.2. The summed E-state index contributed by atoms with van der Waals surface area (Å²) in [5, 5.41) is 0.600. The van der Waals surface area contributed by atoms with E-state index < -0.39 is 0 Å². The smallest absolute Gasteiger partial charge is 0.181 e. The standard InChI is InChI=1S/C16H14N4S/c1-9-3-6-13-12(7-9)18-15(20(13)2)10-4-5-11-14(8-10)21-16(17)19-11/h3-8H,1-2H3,(H2,17,19). The molecule has 5 heteroatoms. The highest BCUT2D eigenvalue weighted by Gasteiger charge is 2.11. The Labute approximate surface area is 125 Å². The van der Waals surface area contributed by atoms with E-state index in [0.717, 1.165) is 32.6 Å². The van der Waals surface area contributed by atoms with E-state index in [1.807, 2.05) is 13.1 Å². The van der Waals surface area contributed by atoms with Crippen LogP contribution in [0.5, 0.6) is 0 Å². The van der Waals surface area contributed by atoms with Gasteiger partial charge in [-0.25, -0.2) is 9.97 Å². The highest BCUT2D eigenvalue weighted by molar-refractivity contribution is 7.22. The third-order valence-electron chi connectivity index (χ3n) is 3.70. The molecule has 0 radical (unpaired) electrons. The van der Waals surface area contributed by atoms with Crippen LogP contribution < -0.4 is 5.73 Å². The molecule has 0 saturated heterocycles. The number of aryl methyl sites for hydroxylation is 2. The van der Waals surface area contributed by atoms with Gasteiger partial charge in [-0.1, -0.05) is 17.4 Å². The van der Waals surface area contributed by atoms with Gasteiger partial charge >= 0.3 is 0 Å². The van der Waals surface area contributed by atoms with Gasteiger partial charge in [-0.2, -0.15) is 0 Å². The molecule has 0 aliphatic carbocycles. The summed E-state index contributed by atoms with van der Waals surface area (Å²) < 4.78 is 3.22. The first-order valence-electron chi connectivity index (χ1n) is 6.71. The lowest BCUT2D eigenvalue weighted by molar-refractivity contribution is 0.960. The van der Waals surface area contributed by atoms with Gasteiger partial charge in [-0.3, -0.25) is 0 Å².